The summed E-state index contributed by atoms with van der Waals surface area (Å²) in [5, 5.41) is 4.38. The molecule has 0 N–H and O–H groups in total. The van der Waals surface area contributed by atoms with E-state index in [0.717, 1.165) is 12.1 Å². The largest absolute Gasteiger partial charge is 0.461 e. The molecule has 6 nitrogen and oxygen atoms in total. The SMILES string of the molecule is CC(=O)SCC/C=C/COC(=O)[C@@H](CC(=O)c1csc(-c2cscn2)n1)C(C)C. The lowest BCUT2D eigenvalue weighted by molar-refractivity contribution is -0.148. The van der Waals surface area contributed by atoms with Crippen LogP contribution in [0.5, 0.6) is 0 Å². The van der Waals surface area contributed by atoms with Gasteiger partial charge in [-0.1, -0.05) is 37.8 Å². The second-order valence-corrected chi connectivity index (χ2v) is 9.47. The van der Waals surface area contributed by atoms with Gasteiger partial charge in [0.25, 0.3) is 0 Å². The van der Waals surface area contributed by atoms with E-state index in [2.05, 4.69) is 9.97 Å². The van der Waals surface area contributed by atoms with Gasteiger partial charge in [0, 0.05) is 29.9 Å². The summed E-state index contributed by atoms with van der Waals surface area (Å²) in [5.41, 5.74) is 2.84. The van der Waals surface area contributed by atoms with Gasteiger partial charge in [-0.3, -0.25) is 14.4 Å². The zero-order valence-corrected chi connectivity index (χ0v) is 19.1. The molecule has 0 spiro atoms. The van der Waals surface area contributed by atoms with Crippen molar-refractivity contribution in [2.24, 2.45) is 11.8 Å². The molecule has 0 bridgehead atoms. The Balaban J connectivity index is 1.85. The fourth-order valence-corrected chi connectivity index (χ4v) is 4.37. The zero-order valence-electron chi connectivity index (χ0n) is 16.6. The Morgan fingerprint density at radius 1 is 1.24 bits per heavy atom. The van der Waals surface area contributed by atoms with Crippen molar-refractivity contribution < 1.29 is 19.1 Å². The highest BCUT2D eigenvalue weighted by atomic mass is 32.2. The average molecular weight is 453 g/mol. The van der Waals surface area contributed by atoms with Crippen LogP contribution in [0.3, 0.4) is 0 Å². The molecule has 0 fully saturated rings. The van der Waals surface area contributed by atoms with E-state index in [1.54, 1.807) is 17.0 Å². The lowest BCUT2D eigenvalue weighted by atomic mass is 9.90. The van der Waals surface area contributed by atoms with Crippen molar-refractivity contribution in [2.75, 3.05) is 12.4 Å². The summed E-state index contributed by atoms with van der Waals surface area (Å²) in [6.45, 7) is 5.49. The number of ketones is 1. The first-order valence-electron chi connectivity index (χ1n) is 9.20. The molecule has 0 aliphatic carbocycles. The summed E-state index contributed by atoms with van der Waals surface area (Å²) in [6.07, 6.45) is 4.45. The Morgan fingerprint density at radius 2 is 2.03 bits per heavy atom. The Bertz CT molecular complexity index is 844. The molecular weight excluding hydrogens is 428 g/mol. The fraction of sp³-hybridized carbons (Fsp3) is 0.450. The molecule has 156 valence electrons. The summed E-state index contributed by atoms with van der Waals surface area (Å²) in [7, 11) is 0. The van der Waals surface area contributed by atoms with E-state index < -0.39 is 5.92 Å². The van der Waals surface area contributed by atoms with Crippen LogP contribution in [-0.4, -0.2) is 39.2 Å². The minimum atomic E-state index is -0.520. The minimum absolute atomic E-state index is 0.0287. The zero-order chi connectivity index (χ0) is 21.2. The number of hydrogen-bond donors (Lipinski definition) is 0. The molecule has 0 aromatic carbocycles. The van der Waals surface area contributed by atoms with Crippen molar-refractivity contribution in [3.05, 3.63) is 34.1 Å². The number of nitrogens with zero attached hydrogens (tertiary/aromatic N) is 2. The van der Waals surface area contributed by atoms with Gasteiger partial charge in [-0.25, -0.2) is 9.97 Å². The number of Topliss-reactive ketones (excluding diaryl/α,β-unsaturated/α-hetero) is 1. The Labute approximate surface area is 182 Å². The number of carbonyl (C=O) groups excluding carboxylic acids is 3. The monoisotopic (exact) mass is 452 g/mol. The maximum atomic E-state index is 12.6. The maximum absolute atomic E-state index is 12.6. The fourth-order valence-electron chi connectivity index (χ4n) is 2.43. The van der Waals surface area contributed by atoms with E-state index >= 15 is 0 Å². The number of thioether (sulfide) groups is 1. The van der Waals surface area contributed by atoms with E-state index in [9.17, 15) is 14.4 Å². The molecular formula is C20H24N2O4S3. The van der Waals surface area contributed by atoms with Crippen LogP contribution < -0.4 is 0 Å². The molecule has 2 rings (SSSR count). The first-order chi connectivity index (χ1) is 13.9. The summed E-state index contributed by atoms with van der Waals surface area (Å²) < 4.78 is 5.32. The quantitative estimate of drug-likeness (QED) is 0.208. The first-order valence-corrected chi connectivity index (χ1v) is 12.0. The summed E-state index contributed by atoms with van der Waals surface area (Å²) in [6, 6.07) is 0. The molecule has 0 unspecified atom stereocenters. The third-order valence-electron chi connectivity index (χ3n) is 4.03. The van der Waals surface area contributed by atoms with E-state index in [4.69, 9.17) is 4.74 Å². The number of carbonyl (C=O) groups is 3. The van der Waals surface area contributed by atoms with Crippen LogP contribution in [-0.2, 0) is 14.3 Å². The van der Waals surface area contributed by atoms with Crippen LogP contribution in [0.15, 0.2) is 28.4 Å². The Morgan fingerprint density at radius 3 is 2.69 bits per heavy atom. The van der Waals surface area contributed by atoms with Crippen LogP contribution in [0.4, 0.5) is 0 Å². The van der Waals surface area contributed by atoms with Gasteiger partial charge in [0.2, 0.25) is 0 Å². The van der Waals surface area contributed by atoms with Crippen LogP contribution in [0.1, 0.15) is 44.1 Å². The van der Waals surface area contributed by atoms with Crippen LogP contribution >= 0.6 is 34.4 Å². The lowest BCUT2D eigenvalue weighted by Gasteiger charge is -2.17. The number of allylic oxidation sites excluding steroid dienone is 1. The van der Waals surface area contributed by atoms with Crippen molar-refractivity contribution in [3.8, 4) is 10.7 Å². The number of thiazole rings is 2. The van der Waals surface area contributed by atoms with Gasteiger partial charge in [0.15, 0.2) is 10.9 Å². The molecule has 0 amide bonds. The highest BCUT2D eigenvalue weighted by Gasteiger charge is 2.28. The standard InChI is InChI=1S/C20H24N2O4S3/c1-13(2)15(20(25)26-7-5-4-6-8-28-14(3)23)9-18(24)16-11-29-19(22-16)17-10-27-12-21-17/h4-5,10-13,15H,6-9H2,1-3H3/b5-4+/t15-/m0/s1. The normalized spacial score (nSPS) is 12.4. The van der Waals surface area contributed by atoms with Crippen LogP contribution in [0, 0.1) is 11.8 Å². The highest BCUT2D eigenvalue weighted by molar-refractivity contribution is 8.13. The number of aromatic nitrogens is 2. The predicted molar refractivity (Wildman–Crippen MR) is 118 cm³/mol. The topological polar surface area (TPSA) is 86.2 Å². The Hall–Kier alpha value is -1.84. The minimum Gasteiger partial charge on any atom is -0.461 e. The van der Waals surface area contributed by atoms with Gasteiger partial charge in [-0.15, -0.1) is 22.7 Å². The van der Waals surface area contributed by atoms with Crippen molar-refractivity contribution in [1.82, 2.24) is 9.97 Å². The molecule has 0 radical (unpaired) electrons. The van der Waals surface area contributed by atoms with Gasteiger partial charge >= 0.3 is 5.97 Å². The molecule has 29 heavy (non-hydrogen) atoms. The number of rotatable bonds is 11. The molecule has 2 aromatic heterocycles. The smallest absolute Gasteiger partial charge is 0.309 e. The van der Waals surface area contributed by atoms with Gasteiger partial charge < -0.3 is 4.74 Å². The van der Waals surface area contributed by atoms with E-state index in [1.807, 2.05) is 25.3 Å². The summed E-state index contributed by atoms with van der Waals surface area (Å²) in [4.78, 5) is 44.5. The number of esters is 1. The molecule has 0 saturated carbocycles. The first kappa shape index (κ1) is 23.4. The summed E-state index contributed by atoms with van der Waals surface area (Å²) in [5.74, 6) is -0.395. The lowest BCUT2D eigenvalue weighted by Crippen LogP contribution is -2.26. The van der Waals surface area contributed by atoms with E-state index in [0.29, 0.717) is 16.5 Å². The second-order valence-electron chi connectivity index (χ2n) is 6.62. The van der Waals surface area contributed by atoms with E-state index in [1.165, 1.54) is 41.4 Å². The van der Waals surface area contributed by atoms with Crippen molar-refractivity contribution in [3.63, 3.8) is 0 Å². The third kappa shape index (κ3) is 7.83. The van der Waals surface area contributed by atoms with Crippen LogP contribution in [0.2, 0.25) is 0 Å². The Kier molecular flexibility index (Phi) is 9.69. The molecule has 9 heteroatoms. The number of hydrogen-bond acceptors (Lipinski definition) is 9. The summed E-state index contributed by atoms with van der Waals surface area (Å²) >= 11 is 4.11. The van der Waals surface area contributed by atoms with Crippen molar-refractivity contribution >= 4 is 51.3 Å². The number of ether oxygens (including phenoxy) is 1. The third-order valence-corrected chi connectivity index (χ3v) is 6.33. The predicted octanol–water partition coefficient (Wildman–Crippen LogP) is 4.88. The van der Waals surface area contributed by atoms with Gasteiger partial charge in [0.1, 0.15) is 23.0 Å². The van der Waals surface area contributed by atoms with Gasteiger partial charge in [0.05, 0.1) is 11.4 Å². The molecule has 1 atom stereocenters. The molecule has 0 aliphatic heterocycles. The maximum Gasteiger partial charge on any atom is 0.309 e. The molecule has 2 heterocycles. The molecule has 2 aromatic rings. The molecule has 0 aliphatic rings. The highest BCUT2D eigenvalue weighted by Crippen LogP contribution is 2.26. The van der Waals surface area contributed by atoms with Gasteiger partial charge in [-0.05, 0) is 12.3 Å². The second kappa shape index (κ2) is 12.0. The van der Waals surface area contributed by atoms with Crippen molar-refractivity contribution in [2.45, 2.75) is 33.6 Å². The molecule has 0 saturated heterocycles. The van der Waals surface area contributed by atoms with Crippen molar-refractivity contribution in [1.29, 1.82) is 0 Å². The van der Waals surface area contributed by atoms with Gasteiger partial charge in [-0.2, -0.15) is 0 Å². The average Bonchev–Trinajstić information content (AvgIpc) is 3.35. The van der Waals surface area contributed by atoms with Crippen LogP contribution in [0.25, 0.3) is 10.7 Å². The van der Waals surface area contributed by atoms with E-state index in [-0.39, 0.29) is 35.8 Å².